The smallest absolute Gasteiger partial charge is 0.224 e. The van der Waals surface area contributed by atoms with Gasteiger partial charge in [0, 0.05) is 25.6 Å². The first kappa shape index (κ1) is 18.4. The van der Waals surface area contributed by atoms with Crippen molar-refractivity contribution < 1.29 is 13.2 Å². The summed E-state index contributed by atoms with van der Waals surface area (Å²) in [6, 6.07) is -0.124. The first-order valence-corrected chi connectivity index (χ1v) is 9.53. The third-order valence-corrected chi connectivity index (χ3v) is 5.54. The van der Waals surface area contributed by atoms with Crippen molar-refractivity contribution in [3.63, 3.8) is 0 Å². The van der Waals surface area contributed by atoms with Gasteiger partial charge in [-0.25, -0.2) is 8.42 Å². The van der Waals surface area contributed by atoms with Gasteiger partial charge in [-0.15, -0.1) is 0 Å². The van der Waals surface area contributed by atoms with E-state index in [1.54, 1.807) is 4.90 Å². The summed E-state index contributed by atoms with van der Waals surface area (Å²) in [5, 5.41) is 3.27. The van der Waals surface area contributed by atoms with Crippen molar-refractivity contribution in [2.45, 2.75) is 32.2 Å². The summed E-state index contributed by atoms with van der Waals surface area (Å²) in [4.78, 5) is 16.1. The summed E-state index contributed by atoms with van der Waals surface area (Å²) in [5.41, 5.74) is 0. The summed E-state index contributed by atoms with van der Waals surface area (Å²) in [5.74, 6) is 0.396. The van der Waals surface area contributed by atoms with Crippen LogP contribution >= 0.6 is 0 Å². The highest BCUT2D eigenvalue weighted by Crippen LogP contribution is 2.18. The third-order valence-electron chi connectivity index (χ3n) is 3.78. The van der Waals surface area contributed by atoms with Gasteiger partial charge in [0.1, 0.15) is 0 Å². The van der Waals surface area contributed by atoms with E-state index in [1.165, 1.54) is 0 Å². The predicted molar refractivity (Wildman–Crippen MR) is 85.1 cm³/mol. The van der Waals surface area contributed by atoms with Crippen LogP contribution in [0.5, 0.6) is 0 Å². The van der Waals surface area contributed by atoms with Crippen molar-refractivity contribution in [1.82, 2.24) is 15.1 Å². The molecule has 1 fully saturated rings. The first-order chi connectivity index (χ1) is 9.85. The van der Waals surface area contributed by atoms with E-state index in [4.69, 9.17) is 0 Å². The van der Waals surface area contributed by atoms with Crippen LogP contribution in [0.2, 0.25) is 0 Å². The number of carbonyl (C=O) groups excluding carboxylic acids is 1. The second-order valence-electron chi connectivity index (χ2n) is 5.89. The van der Waals surface area contributed by atoms with Gasteiger partial charge in [0.2, 0.25) is 5.91 Å². The maximum absolute atomic E-state index is 12.2. The van der Waals surface area contributed by atoms with Crippen molar-refractivity contribution in [3.05, 3.63) is 0 Å². The van der Waals surface area contributed by atoms with Crippen LogP contribution in [-0.4, -0.2) is 81.9 Å². The highest BCUT2D eigenvalue weighted by molar-refractivity contribution is 7.91. The molecule has 6 nitrogen and oxygen atoms in total. The van der Waals surface area contributed by atoms with Crippen molar-refractivity contribution >= 4 is 15.7 Å². The summed E-state index contributed by atoms with van der Waals surface area (Å²) < 4.78 is 23.0. The third kappa shape index (κ3) is 6.76. The number of sulfone groups is 1. The molecule has 7 heteroatoms. The zero-order valence-corrected chi connectivity index (χ0v) is 14.3. The van der Waals surface area contributed by atoms with Crippen LogP contribution in [-0.2, 0) is 14.6 Å². The van der Waals surface area contributed by atoms with E-state index >= 15 is 0 Å². The minimum Gasteiger partial charge on any atom is -0.339 e. The molecule has 0 aromatic carbocycles. The zero-order chi connectivity index (χ0) is 15.9. The molecule has 0 aliphatic carbocycles. The summed E-state index contributed by atoms with van der Waals surface area (Å²) in [6.45, 7) is 5.08. The molecule has 1 unspecified atom stereocenters. The molecular formula is C14H29N3O3S. The Morgan fingerprint density at radius 1 is 1.29 bits per heavy atom. The van der Waals surface area contributed by atoms with Gasteiger partial charge in [-0.05, 0) is 47.0 Å². The molecule has 0 aromatic rings. The average molecular weight is 319 g/mol. The van der Waals surface area contributed by atoms with Gasteiger partial charge in [-0.1, -0.05) is 0 Å². The molecule has 1 amide bonds. The molecule has 1 atom stereocenters. The van der Waals surface area contributed by atoms with Crippen LogP contribution in [0.25, 0.3) is 0 Å². The number of rotatable bonds is 9. The SMILES string of the molecule is CCN(C(=O)CCNCCCN(C)C)C1CCS(=O)(=O)C1. The van der Waals surface area contributed by atoms with E-state index in [1.807, 2.05) is 21.0 Å². The van der Waals surface area contributed by atoms with E-state index in [0.29, 0.717) is 25.9 Å². The van der Waals surface area contributed by atoms with Crippen molar-refractivity contribution in [1.29, 1.82) is 0 Å². The van der Waals surface area contributed by atoms with Gasteiger partial charge in [0.25, 0.3) is 0 Å². The normalized spacial score (nSPS) is 20.9. The minimum absolute atomic E-state index is 0.0553. The standard InChI is InChI=1S/C14H29N3O3S/c1-4-17(13-7-11-21(19,20)12-13)14(18)6-9-15-8-5-10-16(2)3/h13,15H,4-12H2,1-3H3. The Balaban J connectivity index is 2.26. The number of carbonyl (C=O) groups is 1. The fourth-order valence-electron chi connectivity index (χ4n) is 2.64. The summed E-state index contributed by atoms with van der Waals surface area (Å²) >= 11 is 0. The van der Waals surface area contributed by atoms with Gasteiger partial charge in [0.05, 0.1) is 11.5 Å². The molecule has 21 heavy (non-hydrogen) atoms. The molecule has 0 radical (unpaired) electrons. The number of amides is 1. The Bertz CT molecular complexity index is 423. The predicted octanol–water partition coefficient (Wildman–Crippen LogP) is -0.0466. The fraction of sp³-hybridized carbons (Fsp3) is 0.929. The molecule has 1 N–H and O–H groups in total. The Kier molecular flexibility index (Phi) is 7.62. The Labute approximate surface area is 128 Å². The van der Waals surface area contributed by atoms with E-state index < -0.39 is 9.84 Å². The molecule has 0 saturated carbocycles. The summed E-state index contributed by atoms with van der Waals surface area (Å²) in [6.07, 6.45) is 2.07. The van der Waals surface area contributed by atoms with Crippen LogP contribution in [0.3, 0.4) is 0 Å². The molecule has 1 aliphatic rings. The lowest BCUT2D eigenvalue weighted by atomic mass is 10.2. The molecule has 1 aliphatic heterocycles. The first-order valence-electron chi connectivity index (χ1n) is 7.71. The number of hydrogen-bond donors (Lipinski definition) is 1. The molecule has 124 valence electrons. The Hall–Kier alpha value is -0.660. The number of nitrogens with one attached hydrogen (secondary N) is 1. The quantitative estimate of drug-likeness (QED) is 0.604. The molecule has 1 heterocycles. The lowest BCUT2D eigenvalue weighted by Gasteiger charge is -2.27. The number of nitrogens with zero attached hydrogens (tertiary/aromatic N) is 2. The Morgan fingerprint density at radius 3 is 2.52 bits per heavy atom. The molecule has 1 saturated heterocycles. The van der Waals surface area contributed by atoms with Gasteiger partial charge in [-0.3, -0.25) is 4.79 Å². The largest absolute Gasteiger partial charge is 0.339 e. The lowest BCUT2D eigenvalue weighted by Crippen LogP contribution is -2.42. The second kappa shape index (κ2) is 8.70. The van der Waals surface area contributed by atoms with E-state index in [-0.39, 0.29) is 23.5 Å². The topological polar surface area (TPSA) is 69.7 Å². The summed E-state index contributed by atoms with van der Waals surface area (Å²) in [7, 11) is 1.14. The molecule has 0 spiro atoms. The van der Waals surface area contributed by atoms with Crippen LogP contribution in [0.15, 0.2) is 0 Å². The van der Waals surface area contributed by atoms with Crippen molar-refractivity contribution in [2.75, 3.05) is 51.8 Å². The van der Waals surface area contributed by atoms with Crippen molar-refractivity contribution in [2.24, 2.45) is 0 Å². The lowest BCUT2D eigenvalue weighted by molar-refractivity contribution is -0.132. The van der Waals surface area contributed by atoms with Crippen LogP contribution in [0.1, 0.15) is 26.2 Å². The fourth-order valence-corrected chi connectivity index (χ4v) is 4.37. The van der Waals surface area contributed by atoms with Crippen LogP contribution in [0, 0.1) is 0 Å². The van der Waals surface area contributed by atoms with E-state index in [0.717, 1.165) is 19.5 Å². The van der Waals surface area contributed by atoms with Gasteiger partial charge in [0.15, 0.2) is 9.84 Å². The van der Waals surface area contributed by atoms with E-state index in [2.05, 4.69) is 10.2 Å². The second-order valence-corrected chi connectivity index (χ2v) is 8.12. The highest BCUT2D eigenvalue weighted by Gasteiger charge is 2.33. The molecule has 0 aromatic heterocycles. The van der Waals surface area contributed by atoms with E-state index in [9.17, 15) is 13.2 Å². The molecular weight excluding hydrogens is 290 g/mol. The van der Waals surface area contributed by atoms with Crippen molar-refractivity contribution in [3.8, 4) is 0 Å². The van der Waals surface area contributed by atoms with Gasteiger partial charge >= 0.3 is 0 Å². The van der Waals surface area contributed by atoms with Gasteiger partial charge < -0.3 is 15.1 Å². The van der Waals surface area contributed by atoms with Crippen LogP contribution < -0.4 is 5.32 Å². The minimum atomic E-state index is -2.94. The monoisotopic (exact) mass is 319 g/mol. The van der Waals surface area contributed by atoms with Gasteiger partial charge in [-0.2, -0.15) is 0 Å². The maximum Gasteiger partial charge on any atom is 0.224 e. The maximum atomic E-state index is 12.2. The highest BCUT2D eigenvalue weighted by atomic mass is 32.2. The molecule has 0 bridgehead atoms. The Morgan fingerprint density at radius 2 is 2.00 bits per heavy atom. The molecule has 1 rings (SSSR count). The van der Waals surface area contributed by atoms with Crippen LogP contribution in [0.4, 0.5) is 0 Å². The zero-order valence-electron chi connectivity index (χ0n) is 13.5. The average Bonchev–Trinajstić information content (AvgIpc) is 2.74. The number of hydrogen-bond acceptors (Lipinski definition) is 5.